The molecule has 1 aromatic carbocycles. The molecule has 8 heteroatoms. The van der Waals surface area contributed by atoms with Crippen LogP contribution in [0.25, 0.3) is 0 Å². The van der Waals surface area contributed by atoms with Gasteiger partial charge >= 0.3 is 0 Å². The minimum atomic E-state index is -3.68. The van der Waals surface area contributed by atoms with Crippen LogP contribution in [-0.2, 0) is 22.9 Å². The Kier molecular flexibility index (Phi) is 4.11. The van der Waals surface area contributed by atoms with Crippen LogP contribution in [0.5, 0.6) is 5.75 Å². The Morgan fingerprint density at radius 1 is 1.23 bits per heavy atom. The first-order valence-corrected chi connectivity index (χ1v) is 10.1. The highest BCUT2D eigenvalue weighted by atomic mass is 32.2. The molecule has 0 spiro atoms. The van der Waals surface area contributed by atoms with Crippen molar-refractivity contribution < 1.29 is 13.2 Å². The summed E-state index contributed by atoms with van der Waals surface area (Å²) in [7, 11) is -2.17. The molecule has 2 aliphatic rings. The number of aromatic amines is 1. The van der Waals surface area contributed by atoms with E-state index < -0.39 is 10.0 Å². The second kappa shape index (κ2) is 6.21. The molecule has 0 saturated carbocycles. The Labute approximate surface area is 152 Å². The van der Waals surface area contributed by atoms with E-state index in [1.54, 1.807) is 35.5 Å². The maximum atomic E-state index is 13.3. The molecule has 2 aromatic rings. The Hall–Kier alpha value is -2.19. The monoisotopic (exact) mass is 375 g/mol. The van der Waals surface area contributed by atoms with Gasteiger partial charge in [0.15, 0.2) is 0 Å². The molecule has 26 heavy (non-hydrogen) atoms. The van der Waals surface area contributed by atoms with Gasteiger partial charge in [-0.3, -0.25) is 4.79 Å². The number of rotatable bonds is 3. The molecule has 138 valence electrons. The lowest BCUT2D eigenvalue weighted by Crippen LogP contribution is -2.41. The first-order valence-electron chi connectivity index (χ1n) is 8.66. The van der Waals surface area contributed by atoms with Crippen molar-refractivity contribution in [1.29, 1.82) is 0 Å². The summed E-state index contributed by atoms with van der Waals surface area (Å²) >= 11 is 0. The maximum Gasteiger partial charge on any atom is 0.254 e. The average molecular weight is 375 g/mol. The van der Waals surface area contributed by atoms with E-state index in [-0.39, 0.29) is 22.5 Å². The highest BCUT2D eigenvalue weighted by Gasteiger charge is 2.45. The van der Waals surface area contributed by atoms with E-state index in [1.165, 1.54) is 7.11 Å². The number of nitrogens with one attached hydrogen (secondary N) is 1. The zero-order valence-electron chi connectivity index (χ0n) is 14.7. The fourth-order valence-corrected chi connectivity index (χ4v) is 6.01. The SMILES string of the molecule is COc1cccc(S(=O)(=O)N2[C@@H]3CC[C@H]2Cc2nc(C)[nH]c(=O)c2C3)c1. The number of ether oxygens (including phenoxy) is 1. The summed E-state index contributed by atoms with van der Waals surface area (Å²) in [6.07, 6.45) is 2.40. The molecular weight excluding hydrogens is 354 g/mol. The largest absolute Gasteiger partial charge is 0.497 e. The molecule has 2 aliphatic heterocycles. The summed E-state index contributed by atoms with van der Waals surface area (Å²) in [4.78, 5) is 19.8. The summed E-state index contributed by atoms with van der Waals surface area (Å²) in [5, 5.41) is 0. The lowest BCUT2D eigenvalue weighted by molar-refractivity contribution is 0.327. The van der Waals surface area contributed by atoms with Crippen LogP contribution in [0.1, 0.15) is 29.9 Å². The fourth-order valence-electron chi connectivity index (χ4n) is 4.10. The molecule has 0 amide bonds. The van der Waals surface area contributed by atoms with Crippen molar-refractivity contribution in [3.8, 4) is 5.75 Å². The number of hydrogen-bond donors (Lipinski definition) is 1. The van der Waals surface area contributed by atoms with Crippen molar-refractivity contribution in [3.63, 3.8) is 0 Å². The zero-order chi connectivity index (χ0) is 18.5. The Morgan fingerprint density at radius 3 is 2.69 bits per heavy atom. The highest BCUT2D eigenvalue weighted by Crippen LogP contribution is 2.37. The molecule has 0 aliphatic carbocycles. The van der Waals surface area contributed by atoms with Gasteiger partial charge in [-0.15, -0.1) is 0 Å². The Bertz CT molecular complexity index is 1020. The second-order valence-corrected chi connectivity index (χ2v) is 8.73. The first-order chi connectivity index (χ1) is 12.4. The van der Waals surface area contributed by atoms with Crippen LogP contribution < -0.4 is 10.3 Å². The molecule has 4 rings (SSSR count). The molecule has 1 aromatic heterocycles. The molecule has 2 bridgehead atoms. The molecule has 2 atom stereocenters. The summed E-state index contributed by atoms with van der Waals surface area (Å²) in [6.45, 7) is 1.75. The number of methoxy groups -OCH3 is 1. The standard InChI is InChI=1S/C18H21N3O4S/c1-11-19-17-9-13-7-6-12(8-16(17)18(22)20-11)21(13)26(23,24)15-5-3-4-14(10-15)25-2/h3-5,10,12-13H,6-9H2,1-2H3,(H,19,20,22)/t12-,13+/m1/s1. The van der Waals surface area contributed by atoms with Gasteiger partial charge in [-0.2, -0.15) is 4.31 Å². The molecule has 3 heterocycles. The fraction of sp³-hybridized carbons (Fsp3) is 0.444. The van der Waals surface area contributed by atoms with Crippen LogP contribution in [0.2, 0.25) is 0 Å². The minimum absolute atomic E-state index is 0.154. The second-order valence-electron chi connectivity index (χ2n) is 6.88. The van der Waals surface area contributed by atoms with E-state index in [4.69, 9.17) is 4.74 Å². The number of aryl methyl sites for hydroxylation is 1. The minimum Gasteiger partial charge on any atom is -0.497 e. The van der Waals surface area contributed by atoms with E-state index in [9.17, 15) is 13.2 Å². The van der Waals surface area contributed by atoms with Gasteiger partial charge < -0.3 is 9.72 Å². The smallest absolute Gasteiger partial charge is 0.254 e. The number of nitrogens with zero attached hydrogens (tertiary/aromatic N) is 2. The number of aromatic nitrogens is 2. The van der Waals surface area contributed by atoms with Gasteiger partial charge in [-0.1, -0.05) is 6.07 Å². The van der Waals surface area contributed by atoms with Crippen molar-refractivity contribution in [2.75, 3.05) is 7.11 Å². The van der Waals surface area contributed by atoms with Crippen molar-refractivity contribution in [2.24, 2.45) is 0 Å². The van der Waals surface area contributed by atoms with Gasteiger partial charge in [0.2, 0.25) is 10.0 Å². The quantitative estimate of drug-likeness (QED) is 0.876. The van der Waals surface area contributed by atoms with Crippen LogP contribution in [0.4, 0.5) is 0 Å². The van der Waals surface area contributed by atoms with Gasteiger partial charge in [-0.25, -0.2) is 13.4 Å². The van der Waals surface area contributed by atoms with Crippen molar-refractivity contribution >= 4 is 10.0 Å². The number of hydrogen-bond acceptors (Lipinski definition) is 5. The molecule has 7 nitrogen and oxygen atoms in total. The van der Waals surface area contributed by atoms with Gasteiger partial charge in [0.1, 0.15) is 11.6 Å². The van der Waals surface area contributed by atoms with Crippen molar-refractivity contribution in [3.05, 3.63) is 51.7 Å². The van der Waals surface area contributed by atoms with E-state index in [0.29, 0.717) is 30.0 Å². The molecule has 1 saturated heterocycles. The van der Waals surface area contributed by atoms with E-state index in [0.717, 1.165) is 18.5 Å². The molecule has 0 unspecified atom stereocenters. The topological polar surface area (TPSA) is 92.4 Å². The third-order valence-electron chi connectivity index (χ3n) is 5.26. The van der Waals surface area contributed by atoms with Gasteiger partial charge in [0.25, 0.3) is 5.56 Å². The van der Waals surface area contributed by atoms with Gasteiger partial charge in [-0.05, 0) is 38.3 Å². The van der Waals surface area contributed by atoms with Gasteiger partial charge in [0.05, 0.1) is 17.7 Å². The van der Waals surface area contributed by atoms with E-state index in [1.807, 2.05) is 0 Å². The normalized spacial score (nSPS) is 22.7. The molecule has 1 N–H and O–H groups in total. The predicted octanol–water partition coefficient (Wildman–Crippen LogP) is 1.41. The molecule has 1 fully saturated rings. The summed E-state index contributed by atoms with van der Waals surface area (Å²) in [5.74, 6) is 1.07. The number of benzene rings is 1. The van der Waals surface area contributed by atoms with Crippen LogP contribution >= 0.6 is 0 Å². The molecule has 0 radical (unpaired) electrons. The van der Waals surface area contributed by atoms with Crippen LogP contribution in [0.15, 0.2) is 34.0 Å². The lowest BCUT2D eigenvalue weighted by Gasteiger charge is -2.27. The van der Waals surface area contributed by atoms with E-state index in [2.05, 4.69) is 9.97 Å². The Morgan fingerprint density at radius 2 is 1.96 bits per heavy atom. The molecular formula is C18H21N3O4S. The Balaban J connectivity index is 1.77. The third kappa shape index (κ3) is 2.73. The summed E-state index contributed by atoms with van der Waals surface area (Å²) < 4.78 is 33.4. The first kappa shape index (κ1) is 17.2. The van der Waals surface area contributed by atoms with Crippen molar-refractivity contribution in [1.82, 2.24) is 14.3 Å². The van der Waals surface area contributed by atoms with Crippen molar-refractivity contribution in [2.45, 2.75) is 49.6 Å². The third-order valence-corrected chi connectivity index (χ3v) is 7.26. The van der Waals surface area contributed by atoms with Crippen LogP contribution in [-0.4, -0.2) is 41.9 Å². The summed E-state index contributed by atoms with van der Waals surface area (Å²) in [5.41, 5.74) is 1.19. The van der Waals surface area contributed by atoms with Gasteiger partial charge in [0, 0.05) is 30.1 Å². The average Bonchev–Trinajstić information content (AvgIpc) is 2.91. The maximum absolute atomic E-state index is 13.3. The number of sulfonamides is 1. The van der Waals surface area contributed by atoms with Crippen LogP contribution in [0.3, 0.4) is 0 Å². The number of H-pyrrole nitrogens is 1. The number of fused-ring (bicyclic) bond motifs is 3. The zero-order valence-corrected chi connectivity index (χ0v) is 15.5. The predicted molar refractivity (Wildman–Crippen MR) is 95.8 cm³/mol. The highest BCUT2D eigenvalue weighted by molar-refractivity contribution is 7.89. The van der Waals surface area contributed by atoms with Crippen LogP contribution in [0, 0.1) is 6.92 Å². The van der Waals surface area contributed by atoms with E-state index >= 15 is 0 Å². The lowest BCUT2D eigenvalue weighted by atomic mass is 9.98. The summed E-state index contributed by atoms with van der Waals surface area (Å²) in [6, 6.07) is 6.13.